The van der Waals surface area contributed by atoms with Gasteiger partial charge in [-0.25, -0.2) is 13.1 Å². The van der Waals surface area contributed by atoms with Crippen LogP contribution in [0.2, 0.25) is 0 Å². The van der Waals surface area contributed by atoms with Crippen LogP contribution in [0.5, 0.6) is 0 Å². The second-order valence-electron chi connectivity index (χ2n) is 5.59. The van der Waals surface area contributed by atoms with Gasteiger partial charge in [-0.05, 0) is 37.8 Å². The molecule has 1 aliphatic carbocycles. The molecule has 1 aromatic rings. The first-order valence-corrected chi connectivity index (χ1v) is 8.76. The Kier molecular flexibility index (Phi) is 5.13. The van der Waals surface area contributed by atoms with Crippen molar-refractivity contribution in [2.75, 3.05) is 6.54 Å². The summed E-state index contributed by atoms with van der Waals surface area (Å²) in [5.41, 5.74) is 6.13. The molecule has 1 aliphatic rings. The fraction of sp³-hybridized carbons (Fsp3) is 0.533. The van der Waals surface area contributed by atoms with Crippen molar-refractivity contribution in [2.45, 2.75) is 43.5 Å². The summed E-state index contributed by atoms with van der Waals surface area (Å²) in [5.74, 6) is 0.152. The number of carbonyl (C=O) groups is 1. The number of rotatable bonds is 6. The zero-order chi connectivity index (χ0) is 15.5. The van der Waals surface area contributed by atoms with Gasteiger partial charge in [0.25, 0.3) is 0 Å². The number of nitrogens with one attached hydrogen (secondary N) is 1. The average molecular weight is 310 g/mol. The number of nitrogens with two attached hydrogens (primary N) is 1. The van der Waals surface area contributed by atoms with Gasteiger partial charge < -0.3 is 5.73 Å². The summed E-state index contributed by atoms with van der Waals surface area (Å²) < 4.78 is 27.6. The highest BCUT2D eigenvalue weighted by molar-refractivity contribution is 7.89. The molecule has 0 spiro atoms. The smallest absolute Gasteiger partial charge is 0.240 e. The van der Waals surface area contributed by atoms with Gasteiger partial charge in [0, 0.05) is 18.2 Å². The average Bonchev–Trinajstić information content (AvgIpc) is 2.99. The zero-order valence-electron chi connectivity index (χ0n) is 12.2. The molecule has 1 saturated carbocycles. The van der Waals surface area contributed by atoms with E-state index >= 15 is 0 Å². The molecule has 0 radical (unpaired) electrons. The molecule has 3 N–H and O–H groups in total. The van der Waals surface area contributed by atoms with Crippen molar-refractivity contribution in [3.8, 4) is 0 Å². The Labute approximate surface area is 126 Å². The summed E-state index contributed by atoms with van der Waals surface area (Å²) in [6.07, 6.45) is 4.28. The molecule has 0 aromatic heterocycles. The van der Waals surface area contributed by atoms with Crippen molar-refractivity contribution < 1.29 is 13.2 Å². The Morgan fingerprint density at radius 1 is 1.38 bits per heavy atom. The van der Waals surface area contributed by atoms with Gasteiger partial charge >= 0.3 is 0 Å². The SMILES string of the molecule is CC(=O)c1cccc(S(=O)(=O)NC(CN)C2CCCC2)c1. The molecule has 116 valence electrons. The first kappa shape index (κ1) is 16.1. The maximum Gasteiger partial charge on any atom is 0.240 e. The first-order chi connectivity index (χ1) is 9.94. The Hall–Kier alpha value is -1.24. The van der Waals surface area contributed by atoms with Crippen molar-refractivity contribution in [2.24, 2.45) is 11.7 Å². The van der Waals surface area contributed by atoms with E-state index in [-0.39, 0.29) is 23.3 Å². The second kappa shape index (κ2) is 6.68. The van der Waals surface area contributed by atoms with Gasteiger partial charge in [0.05, 0.1) is 4.90 Å². The van der Waals surface area contributed by atoms with Crippen molar-refractivity contribution in [3.05, 3.63) is 29.8 Å². The highest BCUT2D eigenvalue weighted by Crippen LogP contribution is 2.28. The molecule has 21 heavy (non-hydrogen) atoms. The molecular formula is C15H22N2O3S. The predicted molar refractivity (Wildman–Crippen MR) is 81.6 cm³/mol. The monoisotopic (exact) mass is 310 g/mol. The molecule has 0 bridgehead atoms. The molecule has 1 fully saturated rings. The van der Waals surface area contributed by atoms with Gasteiger partial charge in [-0.1, -0.05) is 25.0 Å². The Balaban J connectivity index is 2.20. The van der Waals surface area contributed by atoms with Crippen LogP contribution >= 0.6 is 0 Å². The van der Waals surface area contributed by atoms with E-state index in [2.05, 4.69) is 4.72 Å². The van der Waals surface area contributed by atoms with Crippen LogP contribution in [0.1, 0.15) is 43.0 Å². The first-order valence-electron chi connectivity index (χ1n) is 7.27. The van der Waals surface area contributed by atoms with Crippen molar-refractivity contribution in [1.82, 2.24) is 4.72 Å². The minimum Gasteiger partial charge on any atom is -0.329 e. The van der Waals surface area contributed by atoms with Gasteiger partial charge in [-0.15, -0.1) is 0 Å². The van der Waals surface area contributed by atoms with Crippen molar-refractivity contribution in [1.29, 1.82) is 0 Å². The van der Waals surface area contributed by atoms with Crippen molar-refractivity contribution >= 4 is 15.8 Å². The van der Waals surface area contributed by atoms with Gasteiger partial charge in [0.1, 0.15) is 0 Å². The topological polar surface area (TPSA) is 89.3 Å². The lowest BCUT2D eigenvalue weighted by Gasteiger charge is -2.23. The van der Waals surface area contributed by atoms with Crippen LogP contribution < -0.4 is 10.5 Å². The van der Waals surface area contributed by atoms with Gasteiger partial charge in [0.2, 0.25) is 10.0 Å². The van der Waals surface area contributed by atoms with Crippen LogP contribution in [-0.2, 0) is 10.0 Å². The van der Waals surface area contributed by atoms with E-state index in [1.54, 1.807) is 12.1 Å². The highest BCUT2D eigenvalue weighted by Gasteiger charge is 2.28. The summed E-state index contributed by atoms with van der Waals surface area (Å²) >= 11 is 0. The molecule has 1 aromatic carbocycles. The lowest BCUT2D eigenvalue weighted by atomic mass is 9.99. The quantitative estimate of drug-likeness (QED) is 0.782. The Morgan fingerprint density at radius 2 is 2.05 bits per heavy atom. The van der Waals surface area contributed by atoms with Crippen molar-refractivity contribution in [3.63, 3.8) is 0 Å². The van der Waals surface area contributed by atoms with E-state index in [0.29, 0.717) is 11.5 Å². The summed E-state index contributed by atoms with van der Waals surface area (Å²) in [7, 11) is -3.65. The number of hydrogen-bond acceptors (Lipinski definition) is 4. The van der Waals surface area contributed by atoms with Crippen LogP contribution in [0.3, 0.4) is 0 Å². The largest absolute Gasteiger partial charge is 0.329 e. The molecule has 1 atom stereocenters. The van der Waals surface area contributed by atoms with E-state index in [1.165, 1.54) is 19.1 Å². The summed E-state index contributed by atoms with van der Waals surface area (Å²) in [6, 6.07) is 5.86. The van der Waals surface area contributed by atoms with E-state index < -0.39 is 10.0 Å². The lowest BCUT2D eigenvalue weighted by Crippen LogP contribution is -2.44. The molecule has 2 rings (SSSR count). The van der Waals surface area contributed by atoms with Crippen LogP contribution in [0, 0.1) is 5.92 Å². The third-order valence-corrected chi connectivity index (χ3v) is 5.57. The molecule has 0 amide bonds. The lowest BCUT2D eigenvalue weighted by molar-refractivity contribution is 0.101. The molecule has 0 aliphatic heterocycles. The summed E-state index contributed by atoms with van der Waals surface area (Å²) in [6.45, 7) is 1.71. The third kappa shape index (κ3) is 3.90. The molecular weight excluding hydrogens is 288 g/mol. The second-order valence-corrected chi connectivity index (χ2v) is 7.31. The number of sulfonamides is 1. The molecule has 1 unspecified atom stereocenters. The van der Waals surface area contributed by atoms with E-state index in [1.807, 2.05) is 0 Å². The van der Waals surface area contributed by atoms with Crippen LogP contribution in [0.25, 0.3) is 0 Å². The van der Waals surface area contributed by atoms with E-state index in [4.69, 9.17) is 5.73 Å². The van der Waals surface area contributed by atoms with Crippen LogP contribution in [0.15, 0.2) is 29.2 Å². The number of ketones is 1. The fourth-order valence-electron chi connectivity index (χ4n) is 2.85. The Bertz CT molecular complexity index is 607. The van der Waals surface area contributed by atoms with Gasteiger partial charge in [-0.2, -0.15) is 0 Å². The van der Waals surface area contributed by atoms with Crippen LogP contribution in [0.4, 0.5) is 0 Å². The van der Waals surface area contributed by atoms with Gasteiger partial charge in [-0.3, -0.25) is 4.79 Å². The van der Waals surface area contributed by atoms with E-state index in [0.717, 1.165) is 25.7 Å². The number of benzene rings is 1. The third-order valence-electron chi connectivity index (χ3n) is 4.08. The molecule has 6 heteroatoms. The molecule has 0 heterocycles. The number of carbonyl (C=O) groups excluding carboxylic acids is 1. The normalized spacial score (nSPS) is 17.8. The maximum absolute atomic E-state index is 12.5. The number of Topliss-reactive ketones (excluding diaryl/α,β-unsaturated/α-hetero) is 1. The molecule has 5 nitrogen and oxygen atoms in total. The predicted octanol–water partition coefficient (Wildman–Crippen LogP) is 1.68. The summed E-state index contributed by atoms with van der Waals surface area (Å²) in [5, 5.41) is 0. The fourth-order valence-corrected chi connectivity index (χ4v) is 4.21. The standard InChI is InChI=1S/C15H22N2O3S/c1-11(18)13-7-4-8-14(9-13)21(19,20)17-15(10-16)12-5-2-3-6-12/h4,7-9,12,15,17H,2-3,5-6,10,16H2,1H3. The van der Waals surface area contributed by atoms with Gasteiger partial charge in [0.15, 0.2) is 5.78 Å². The Morgan fingerprint density at radius 3 is 2.62 bits per heavy atom. The minimum atomic E-state index is -3.65. The van der Waals surface area contributed by atoms with Crippen LogP contribution in [-0.4, -0.2) is 26.8 Å². The van der Waals surface area contributed by atoms with E-state index in [9.17, 15) is 13.2 Å². The minimum absolute atomic E-state index is 0.117. The summed E-state index contributed by atoms with van der Waals surface area (Å²) in [4.78, 5) is 11.5. The highest BCUT2D eigenvalue weighted by atomic mass is 32.2. The number of hydrogen-bond donors (Lipinski definition) is 2. The maximum atomic E-state index is 12.5. The molecule has 0 saturated heterocycles. The zero-order valence-corrected chi connectivity index (χ0v) is 13.0.